The van der Waals surface area contributed by atoms with E-state index < -0.39 is 0 Å². The first kappa shape index (κ1) is 22.4. The van der Waals surface area contributed by atoms with Crippen LogP contribution in [-0.2, 0) is 6.42 Å². The van der Waals surface area contributed by atoms with Crippen LogP contribution in [0.15, 0.2) is 84.9 Å². The van der Waals surface area contributed by atoms with Gasteiger partial charge in [-0.2, -0.15) is 5.10 Å². The lowest BCUT2D eigenvalue weighted by Gasteiger charge is -2.32. The topological polar surface area (TPSA) is 38.1 Å². The molecule has 1 aromatic heterocycles. The lowest BCUT2D eigenvalue weighted by molar-refractivity contribution is 0.0681. The molecule has 6 heteroatoms. The number of amides is 1. The van der Waals surface area contributed by atoms with E-state index in [1.165, 1.54) is 17.7 Å². The van der Waals surface area contributed by atoms with Gasteiger partial charge in [0.15, 0.2) is 0 Å². The highest BCUT2D eigenvalue weighted by atomic mass is 35.5. The minimum atomic E-state index is -0.337. The number of likely N-dealkylation sites (tertiary alicyclic amines) is 1. The number of rotatable bonds is 5. The number of aromatic nitrogens is 2. The normalized spacial score (nSPS) is 14.4. The third-order valence-electron chi connectivity index (χ3n) is 6.42. The van der Waals surface area contributed by atoms with E-state index in [0.717, 1.165) is 24.8 Å². The van der Waals surface area contributed by atoms with Crippen LogP contribution in [0.3, 0.4) is 0 Å². The largest absolute Gasteiger partial charge is 0.337 e. The molecule has 5 rings (SSSR count). The van der Waals surface area contributed by atoms with Crippen molar-refractivity contribution in [2.24, 2.45) is 5.92 Å². The number of hydrogen-bond donors (Lipinski definition) is 0. The second-order valence-corrected chi connectivity index (χ2v) is 9.12. The minimum Gasteiger partial charge on any atom is -0.337 e. The van der Waals surface area contributed by atoms with Gasteiger partial charge < -0.3 is 4.90 Å². The number of halogens is 2. The third-order valence-corrected chi connectivity index (χ3v) is 6.75. The third kappa shape index (κ3) is 4.75. The van der Waals surface area contributed by atoms with Gasteiger partial charge in [-0.25, -0.2) is 9.07 Å². The second-order valence-electron chi connectivity index (χ2n) is 8.71. The van der Waals surface area contributed by atoms with Crippen LogP contribution >= 0.6 is 11.6 Å². The molecule has 1 fully saturated rings. The van der Waals surface area contributed by atoms with Crippen LogP contribution in [0.2, 0.25) is 5.02 Å². The fraction of sp³-hybridized carbons (Fsp3) is 0.214. The minimum absolute atomic E-state index is 0.0757. The van der Waals surface area contributed by atoms with Gasteiger partial charge in [-0.15, -0.1) is 0 Å². The first-order valence-electron chi connectivity index (χ1n) is 11.5. The van der Waals surface area contributed by atoms with Crippen molar-refractivity contribution in [1.82, 2.24) is 14.7 Å². The van der Waals surface area contributed by atoms with Crippen LogP contribution in [0.5, 0.6) is 0 Å². The number of piperidine rings is 1. The number of hydrogen-bond acceptors (Lipinski definition) is 2. The lowest BCUT2D eigenvalue weighted by Crippen LogP contribution is -2.39. The molecule has 4 nitrogen and oxygen atoms in total. The zero-order chi connectivity index (χ0) is 23.5. The maximum atomic E-state index is 13.6. The molecule has 1 aliphatic heterocycles. The van der Waals surface area contributed by atoms with Crippen molar-refractivity contribution >= 4 is 17.5 Å². The molecule has 0 unspecified atom stereocenters. The van der Waals surface area contributed by atoms with Gasteiger partial charge in [0.2, 0.25) is 0 Å². The van der Waals surface area contributed by atoms with Crippen molar-refractivity contribution in [2.75, 3.05) is 13.1 Å². The van der Waals surface area contributed by atoms with Gasteiger partial charge in [-0.05, 0) is 67.1 Å². The molecule has 0 bridgehead atoms. The lowest BCUT2D eigenvalue weighted by atomic mass is 9.90. The molecule has 172 valence electrons. The molecule has 0 saturated carbocycles. The van der Waals surface area contributed by atoms with Crippen LogP contribution in [0.25, 0.3) is 16.9 Å². The Balaban J connectivity index is 1.40. The van der Waals surface area contributed by atoms with Crippen molar-refractivity contribution in [2.45, 2.75) is 19.3 Å². The summed E-state index contributed by atoms with van der Waals surface area (Å²) in [6, 6.07) is 25.7. The van der Waals surface area contributed by atoms with Crippen LogP contribution in [0.4, 0.5) is 4.39 Å². The number of benzene rings is 3. The molecule has 1 amide bonds. The van der Waals surface area contributed by atoms with E-state index in [9.17, 15) is 9.18 Å². The monoisotopic (exact) mass is 473 g/mol. The molecule has 3 aromatic carbocycles. The summed E-state index contributed by atoms with van der Waals surface area (Å²) in [5, 5.41) is 5.25. The smallest absolute Gasteiger partial charge is 0.272 e. The Morgan fingerprint density at radius 2 is 1.62 bits per heavy atom. The van der Waals surface area contributed by atoms with Crippen LogP contribution < -0.4 is 0 Å². The van der Waals surface area contributed by atoms with Crippen molar-refractivity contribution in [3.05, 3.63) is 107 Å². The summed E-state index contributed by atoms with van der Waals surface area (Å²) in [4.78, 5) is 15.5. The summed E-state index contributed by atoms with van der Waals surface area (Å²) in [5.74, 6) is 0.149. The van der Waals surface area contributed by atoms with Crippen molar-refractivity contribution in [3.8, 4) is 16.9 Å². The molecular formula is C28H25ClFN3O. The van der Waals surface area contributed by atoms with E-state index in [0.29, 0.717) is 41.1 Å². The summed E-state index contributed by atoms with van der Waals surface area (Å²) in [6.45, 7) is 1.40. The first-order valence-corrected chi connectivity index (χ1v) is 11.9. The highest BCUT2D eigenvalue weighted by Crippen LogP contribution is 2.30. The predicted octanol–water partition coefficient (Wildman–Crippen LogP) is 6.43. The fourth-order valence-corrected chi connectivity index (χ4v) is 4.80. The number of nitrogens with zero attached hydrogens (tertiary/aromatic N) is 3. The van der Waals surface area contributed by atoms with Gasteiger partial charge in [-0.1, -0.05) is 60.1 Å². The zero-order valence-corrected chi connectivity index (χ0v) is 19.5. The maximum Gasteiger partial charge on any atom is 0.272 e. The van der Waals surface area contributed by atoms with E-state index in [-0.39, 0.29) is 11.7 Å². The van der Waals surface area contributed by atoms with Gasteiger partial charge in [0.25, 0.3) is 5.91 Å². The fourth-order valence-electron chi connectivity index (χ4n) is 4.56. The van der Waals surface area contributed by atoms with E-state index in [1.54, 1.807) is 28.9 Å². The molecule has 0 radical (unpaired) electrons. The molecular weight excluding hydrogens is 449 g/mol. The standard InChI is InChI=1S/C28H25ClFN3O/c29-25-9-5-4-8-24(25)26-19-27(33(31-26)23-12-10-22(30)11-13-23)28(34)32-16-14-21(15-17-32)18-20-6-2-1-3-7-20/h1-13,19,21H,14-18H2. The van der Waals surface area contributed by atoms with E-state index in [4.69, 9.17) is 16.7 Å². The van der Waals surface area contributed by atoms with E-state index in [1.807, 2.05) is 29.2 Å². The summed E-state index contributed by atoms with van der Waals surface area (Å²) in [7, 11) is 0. The van der Waals surface area contributed by atoms with Crippen molar-refractivity contribution < 1.29 is 9.18 Å². The van der Waals surface area contributed by atoms with E-state index in [2.05, 4.69) is 24.3 Å². The van der Waals surface area contributed by atoms with Gasteiger partial charge in [-0.3, -0.25) is 4.79 Å². The number of carbonyl (C=O) groups is 1. The summed E-state index contributed by atoms with van der Waals surface area (Å²) in [6.07, 6.45) is 2.96. The van der Waals surface area contributed by atoms with Gasteiger partial charge in [0, 0.05) is 18.7 Å². The highest BCUT2D eigenvalue weighted by molar-refractivity contribution is 6.33. The SMILES string of the molecule is O=C(c1cc(-c2ccccc2Cl)nn1-c1ccc(F)cc1)N1CCC(Cc2ccccc2)CC1. The Kier molecular flexibility index (Phi) is 6.45. The predicted molar refractivity (Wildman–Crippen MR) is 133 cm³/mol. The Labute approximate surface area is 203 Å². The Morgan fingerprint density at radius 1 is 0.941 bits per heavy atom. The molecule has 1 saturated heterocycles. The molecule has 4 aromatic rings. The van der Waals surface area contributed by atoms with E-state index >= 15 is 0 Å². The molecule has 0 spiro atoms. The molecule has 0 aliphatic carbocycles. The molecule has 0 N–H and O–H groups in total. The Morgan fingerprint density at radius 3 is 2.32 bits per heavy atom. The molecule has 1 aliphatic rings. The Hall–Kier alpha value is -3.44. The van der Waals surface area contributed by atoms with Crippen LogP contribution in [0.1, 0.15) is 28.9 Å². The molecule has 0 atom stereocenters. The summed E-state index contributed by atoms with van der Waals surface area (Å²) >= 11 is 6.40. The Bertz CT molecular complexity index is 1280. The second kappa shape index (κ2) is 9.82. The van der Waals surface area contributed by atoms with Crippen LogP contribution in [0, 0.1) is 11.7 Å². The molecule has 2 heterocycles. The van der Waals surface area contributed by atoms with Crippen LogP contribution in [-0.4, -0.2) is 33.7 Å². The highest BCUT2D eigenvalue weighted by Gasteiger charge is 2.27. The average Bonchev–Trinajstić information content (AvgIpc) is 3.31. The number of carbonyl (C=O) groups excluding carboxylic acids is 1. The summed E-state index contributed by atoms with van der Waals surface area (Å²) < 4.78 is 15.1. The van der Waals surface area contributed by atoms with Gasteiger partial charge in [0.1, 0.15) is 11.5 Å². The van der Waals surface area contributed by atoms with Crippen molar-refractivity contribution in [3.63, 3.8) is 0 Å². The zero-order valence-electron chi connectivity index (χ0n) is 18.7. The average molecular weight is 474 g/mol. The van der Waals surface area contributed by atoms with Crippen molar-refractivity contribution in [1.29, 1.82) is 0 Å². The summed E-state index contributed by atoms with van der Waals surface area (Å²) in [5.41, 5.74) is 3.77. The van der Waals surface area contributed by atoms with Gasteiger partial charge >= 0.3 is 0 Å². The molecule has 34 heavy (non-hydrogen) atoms. The first-order chi connectivity index (χ1) is 16.6. The van der Waals surface area contributed by atoms with Gasteiger partial charge in [0.05, 0.1) is 16.4 Å². The quantitative estimate of drug-likeness (QED) is 0.335. The maximum absolute atomic E-state index is 13.6.